The lowest BCUT2D eigenvalue weighted by atomic mass is 10.1. The van der Waals surface area contributed by atoms with Crippen LogP contribution in [0.15, 0.2) is 24.3 Å². The van der Waals surface area contributed by atoms with Gasteiger partial charge in [0.25, 0.3) is 11.6 Å². The van der Waals surface area contributed by atoms with Gasteiger partial charge in [-0.05, 0) is 13.1 Å². The number of likely N-dealkylation sites (N-methyl/N-ethyl adjacent to an activating group) is 1. The molecule has 1 atom stereocenters. The van der Waals surface area contributed by atoms with Crippen LogP contribution in [0.2, 0.25) is 0 Å². The summed E-state index contributed by atoms with van der Waals surface area (Å²) < 4.78 is 0. The molecule has 0 saturated carbocycles. The molecule has 1 aromatic carbocycles. The highest BCUT2D eigenvalue weighted by atomic mass is 16.6. The molecule has 0 spiro atoms. The number of carbonyl (C=O) groups excluding carboxylic acids is 1. The summed E-state index contributed by atoms with van der Waals surface area (Å²) in [7, 11) is 1.97. The predicted octanol–water partition coefficient (Wildman–Crippen LogP) is 0.310. The summed E-state index contributed by atoms with van der Waals surface area (Å²) in [6.45, 7) is 2.30. The Morgan fingerprint density at radius 1 is 1.45 bits per heavy atom. The molecule has 1 heterocycles. The molecule has 1 aliphatic heterocycles. The standard InChI is InChI=1S/C13H18N4O3/c1-15-6-7-16(10(8-14)9-15)13(18)11-4-2-3-5-12(11)17(19)20/h2-5,10H,6-9,14H2,1H3. The summed E-state index contributed by atoms with van der Waals surface area (Å²) in [5, 5.41) is 11.0. The monoisotopic (exact) mass is 278 g/mol. The Morgan fingerprint density at radius 3 is 2.80 bits per heavy atom. The molecule has 20 heavy (non-hydrogen) atoms. The van der Waals surface area contributed by atoms with Crippen LogP contribution in [0, 0.1) is 10.1 Å². The number of hydrogen-bond acceptors (Lipinski definition) is 5. The molecule has 0 radical (unpaired) electrons. The van der Waals surface area contributed by atoms with Gasteiger partial charge in [0.05, 0.1) is 11.0 Å². The van der Waals surface area contributed by atoms with Crippen molar-refractivity contribution in [2.24, 2.45) is 5.73 Å². The average molecular weight is 278 g/mol. The smallest absolute Gasteiger partial charge is 0.282 e. The molecule has 108 valence electrons. The van der Waals surface area contributed by atoms with Crippen molar-refractivity contribution in [2.45, 2.75) is 6.04 Å². The zero-order chi connectivity index (χ0) is 14.7. The number of benzene rings is 1. The van der Waals surface area contributed by atoms with Crippen LogP contribution in [0.4, 0.5) is 5.69 Å². The number of rotatable bonds is 3. The molecule has 2 N–H and O–H groups in total. The van der Waals surface area contributed by atoms with Crippen molar-refractivity contribution >= 4 is 11.6 Å². The predicted molar refractivity (Wildman–Crippen MR) is 74.5 cm³/mol. The van der Waals surface area contributed by atoms with Gasteiger partial charge in [-0.1, -0.05) is 12.1 Å². The lowest BCUT2D eigenvalue weighted by molar-refractivity contribution is -0.385. The molecule has 1 fully saturated rings. The zero-order valence-electron chi connectivity index (χ0n) is 11.4. The molecule has 7 heteroatoms. The van der Waals surface area contributed by atoms with E-state index in [2.05, 4.69) is 4.90 Å². The number of nitrogens with two attached hydrogens (primary N) is 1. The van der Waals surface area contributed by atoms with E-state index < -0.39 is 4.92 Å². The normalized spacial score (nSPS) is 19.9. The average Bonchev–Trinajstić information content (AvgIpc) is 2.46. The molecule has 1 unspecified atom stereocenters. The number of carbonyl (C=O) groups is 1. The van der Waals surface area contributed by atoms with E-state index in [0.29, 0.717) is 19.6 Å². The van der Waals surface area contributed by atoms with E-state index >= 15 is 0 Å². The Labute approximate surface area is 117 Å². The lowest BCUT2D eigenvalue weighted by Crippen LogP contribution is -2.56. The van der Waals surface area contributed by atoms with E-state index in [1.807, 2.05) is 7.05 Å². The van der Waals surface area contributed by atoms with E-state index in [-0.39, 0.29) is 23.2 Å². The van der Waals surface area contributed by atoms with Gasteiger partial charge in [-0.25, -0.2) is 0 Å². The van der Waals surface area contributed by atoms with E-state index in [0.717, 1.165) is 6.54 Å². The van der Waals surface area contributed by atoms with Gasteiger partial charge < -0.3 is 15.5 Å². The van der Waals surface area contributed by atoms with Crippen LogP contribution in [0.5, 0.6) is 0 Å². The fourth-order valence-electron chi connectivity index (χ4n) is 2.45. The van der Waals surface area contributed by atoms with Gasteiger partial charge in [-0.3, -0.25) is 14.9 Å². The van der Waals surface area contributed by atoms with Gasteiger partial charge in [-0.15, -0.1) is 0 Å². The Bertz CT molecular complexity index is 520. The van der Waals surface area contributed by atoms with Crippen LogP contribution in [-0.4, -0.2) is 59.9 Å². The second kappa shape index (κ2) is 5.98. The molecule has 1 amide bonds. The number of piperazine rings is 1. The molecular weight excluding hydrogens is 260 g/mol. The van der Waals surface area contributed by atoms with E-state index in [9.17, 15) is 14.9 Å². The van der Waals surface area contributed by atoms with E-state index in [1.165, 1.54) is 12.1 Å². The summed E-state index contributed by atoms with van der Waals surface area (Å²) >= 11 is 0. The van der Waals surface area contributed by atoms with Crippen LogP contribution >= 0.6 is 0 Å². The lowest BCUT2D eigenvalue weighted by Gasteiger charge is -2.39. The highest BCUT2D eigenvalue weighted by molar-refractivity contribution is 5.98. The number of nitro groups is 1. The fraction of sp³-hybridized carbons (Fsp3) is 0.462. The third-order valence-electron chi connectivity index (χ3n) is 3.55. The number of nitro benzene ring substituents is 1. The zero-order valence-corrected chi connectivity index (χ0v) is 11.4. The Balaban J connectivity index is 2.29. The Morgan fingerprint density at radius 2 is 2.15 bits per heavy atom. The molecule has 0 aliphatic carbocycles. The maximum Gasteiger partial charge on any atom is 0.282 e. The summed E-state index contributed by atoms with van der Waals surface area (Å²) in [5.74, 6) is -0.319. The van der Waals surface area contributed by atoms with Gasteiger partial charge in [0.15, 0.2) is 0 Å². The van der Waals surface area contributed by atoms with Crippen molar-refractivity contribution in [3.05, 3.63) is 39.9 Å². The second-order valence-electron chi connectivity index (χ2n) is 4.92. The Kier molecular flexibility index (Phi) is 4.31. The Hall–Kier alpha value is -1.99. The highest BCUT2D eigenvalue weighted by Crippen LogP contribution is 2.21. The van der Waals surface area contributed by atoms with Crippen LogP contribution in [0.1, 0.15) is 10.4 Å². The topological polar surface area (TPSA) is 92.7 Å². The number of nitrogens with zero attached hydrogens (tertiary/aromatic N) is 3. The van der Waals surface area contributed by atoms with Gasteiger partial charge in [-0.2, -0.15) is 0 Å². The first-order chi connectivity index (χ1) is 9.54. The van der Waals surface area contributed by atoms with Crippen molar-refractivity contribution < 1.29 is 9.72 Å². The van der Waals surface area contributed by atoms with Crippen molar-refractivity contribution in [1.29, 1.82) is 0 Å². The third-order valence-corrected chi connectivity index (χ3v) is 3.55. The molecule has 0 bridgehead atoms. The van der Waals surface area contributed by atoms with Gasteiger partial charge >= 0.3 is 0 Å². The number of para-hydroxylation sites is 1. The van der Waals surface area contributed by atoms with Crippen molar-refractivity contribution in [3.63, 3.8) is 0 Å². The quantitative estimate of drug-likeness (QED) is 0.634. The van der Waals surface area contributed by atoms with Crippen LogP contribution < -0.4 is 5.73 Å². The molecular formula is C13H18N4O3. The third kappa shape index (κ3) is 2.78. The van der Waals surface area contributed by atoms with Gasteiger partial charge in [0, 0.05) is 32.2 Å². The number of amides is 1. The number of hydrogen-bond donors (Lipinski definition) is 1. The van der Waals surface area contributed by atoms with Crippen molar-refractivity contribution in [3.8, 4) is 0 Å². The summed E-state index contributed by atoms with van der Waals surface area (Å²) in [6.07, 6.45) is 0. The molecule has 1 saturated heterocycles. The van der Waals surface area contributed by atoms with Crippen molar-refractivity contribution in [2.75, 3.05) is 33.2 Å². The fourth-order valence-corrected chi connectivity index (χ4v) is 2.45. The second-order valence-corrected chi connectivity index (χ2v) is 4.92. The first-order valence-electron chi connectivity index (χ1n) is 6.47. The molecule has 7 nitrogen and oxygen atoms in total. The van der Waals surface area contributed by atoms with E-state index in [4.69, 9.17) is 5.73 Å². The minimum atomic E-state index is -0.527. The van der Waals surface area contributed by atoms with Crippen LogP contribution in [0.25, 0.3) is 0 Å². The molecule has 2 rings (SSSR count). The first kappa shape index (κ1) is 14.4. The van der Waals surface area contributed by atoms with Crippen LogP contribution in [-0.2, 0) is 0 Å². The molecule has 0 aromatic heterocycles. The molecule has 1 aliphatic rings. The summed E-state index contributed by atoms with van der Waals surface area (Å²) in [4.78, 5) is 26.8. The van der Waals surface area contributed by atoms with Gasteiger partial charge in [0.2, 0.25) is 0 Å². The largest absolute Gasteiger partial charge is 0.332 e. The minimum absolute atomic E-state index is 0.110. The maximum absolute atomic E-state index is 12.5. The molecule has 1 aromatic rings. The van der Waals surface area contributed by atoms with E-state index in [1.54, 1.807) is 17.0 Å². The summed E-state index contributed by atoms with van der Waals surface area (Å²) in [6, 6.07) is 5.92. The minimum Gasteiger partial charge on any atom is -0.332 e. The summed E-state index contributed by atoms with van der Waals surface area (Å²) in [5.41, 5.74) is 5.68. The maximum atomic E-state index is 12.5. The first-order valence-corrected chi connectivity index (χ1v) is 6.47. The van der Waals surface area contributed by atoms with Crippen molar-refractivity contribution in [1.82, 2.24) is 9.80 Å². The highest BCUT2D eigenvalue weighted by Gasteiger charge is 2.31. The van der Waals surface area contributed by atoms with Gasteiger partial charge in [0.1, 0.15) is 5.56 Å². The SMILES string of the molecule is CN1CCN(C(=O)c2ccccc2[N+](=O)[O-])C(CN)C1. The van der Waals surface area contributed by atoms with Crippen LogP contribution in [0.3, 0.4) is 0 Å².